The first-order valence-electron chi connectivity index (χ1n) is 7.70. The minimum absolute atomic E-state index is 0.198. The summed E-state index contributed by atoms with van der Waals surface area (Å²) in [5.41, 5.74) is 4.59. The van der Waals surface area contributed by atoms with Crippen LogP contribution in [-0.4, -0.2) is 15.6 Å². The lowest BCUT2D eigenvalue weighted by atomic mass is 9.92. The second kappa shape index (κ2) is 5.78. The lowest BCUT2D eigenvalue weighted by molar-refractivity contribution is 0.0973. The molecule has 3 aromatic rings. The van der Waals surface area contributed by atoms with Crippen LogP contribution in [-0.2, 0) is 6.42 Å². The van der Waals surface area contributed by atoms with Gasteiger partial charge in [0, 0.05) is 16.5 Å². The number of halogens is 1. The standard InChI is InChI=1S/C19H15BrN2O/c20-14-7-4-6-13(12-14)19-18-16(10-5-11-17(18)23)21-22(19)15-8-2-1-3-9-15/h1-4,6-9,12H,5,10-11H2. The van der Waals surface area contributed by atoms with Gasteiger partial charge in [0.25, 0.3) is 0 Å². The van der Waals surface area contributed by atoms with Gasteiger partial charge in [-0.15, -0.1) is 0 Å². The highest BCUT2D eigenvalue weighted by Gasteiger charge is 2.28. The molecule has 1 aliphatic carbocycles. The fraction of sp³-hybridized carbons (Fsp3) is 0.158. The molecule has 0 aliphatic heterocycles. The van der Waals surface area contributed by atoms with E-state index in [1.807, 2.05) is 59.3 Å². The van der Waals surface area contributed by atoms with Crippen molar-refractivity contribution in [2.24, 2.45) is 0 Å². The maximum atomic E-state index is 12.5. The average Bonchev–Trinajstić information content (AvgIpc) is 2.97. The number of aryl methyl sites for hydroxylation is 1. The Morgan fingerprint density at radius 2 is 1.83 bits per heavy atom. The van der Waals surface area contributed by atoms with E-state index in [1.54, 1.807) is 0 Å². The molecule has 0 saturated heterocycles. The van der Waals surface area contributed by atoms with E-state index in [2.05, 4.69) is 15.9 Å². The van der Waals surface area contributed by atoms with Crippen LogP contribution in [0.25, 0.3) is 16.9 Å². The zero-order valence-electron chi connectivity index (χ0n) is 12.5. The molecule has 3 nitrogen and oxygen atoms in total. The average molecular weight is 367 g/mol. The third kappa shape index (κ3) is 2.53. The molecule has 0 fully saturated rings. The van der Waals surface area contributed by atoms with Crippen molar-refractivity contribution in [3.63, 3.8) is 0 Å². The first-order valence-corrected chi connectivity index (χ1v) is 8.50. The first-order chi connectivity index (χ1) is 11.2. The van der Waals surface area contributed by atoms with E-state index < -0.39 is 0 Å². The van der Waals surface area contributed by atoms with Crippen molar-refractivity contribution < 1.29 is 4.79 Å². The van der Waals surface area contributed by atoms with Crippen LogP contribution in [0, 0.1) is 0 Å². The van der Waals surface area contributed by atoms with Crippen molar-refractivity contribution >= 4 is 21.7 Å². The van der Waals surface area contributed by atoms with Gasteiger partial charge in [-0.2, -0.15) is 5.10 Å². The van der Waals surface area contributed by atoms with Crippen LogP contribution in [0.4, 0.5) is 0 Å². The van der Waals surface area contributed by atoms with Crippen molar-refractivity contribution in [2.75, 3.05) is 0 Å². The quantitative estimate of drug-likeness (QED) is 0.651. The SMILES string of the molecule is O=C1CCCc2nn(-c3ccccc3)c(-c3cccc(Br)c3)c21. The van der Waals surface area contributed by atoms with Crippen LogP contribution >= 0.6 is 15.9 Å². The highest BCUT2D eigenvalue weighted by atomic mass is 79.9. The Balaban J connectivity index is 2.02. The number of carbonyl (C=O) groups excluding carboxylic acids is 1. The number of hydrogen-bond donors (Lipinski definition) is 0. The van der Waals surface area contributed by atoms with E-state index in [0.29, 0.717) is 6.42 Å². The third-order valence-electron chi connectivity index (χ3n) is 4.15. The van der Waals surface area contributed by atoms with Crippen LogP contribution in [0.3, 0.4) is 0 Å². The Morgan fingerprint density at radius 1 is 1.00 bits per heavy atom. The van der Waals surface area contributed by atoms with Gasteiger partial charge in [0.05, 0.1) is 22.6 Å². The molecule has 1 aromatic heterocycles. The molecule has 4 heteroatoms. The second-order valence-electron chi connectivity index (χ2n) is 5.70. The summed E-state index contributed by atoms with van der Waals surface area (Å²) in [6, 6.07) is 18.0. The van der Waals surface area contributed by atoms with Gasteiger partial charge < -0.3 is 0 Å². The minimum atomic E-state index is 0.198. The molecule has 4 rings (SSSR count). The number of fused-ring (bicyclic) bond motifs is 1. The molecule has 23 heavy (non-hydrogen) atoms. The Kier molecular flexibility index (Phi) is 3.62. The van der Waals surface area contributed by atoms with Gasteiger partial charge in [0.1, 0.15) is 0 Å². The Morgan fingerprint density at radius 3 is 2.61 bits per heavy atom. The smallest absolute Gasteiger partial charge is 0.166 e. The summed E-state index contributed by atoms with van der Waals surface area (Å²) >= 11 is 3.53. The fourth-order valence-corrected chi connectivity index (χ4v) is 3.53. The van der Waals surface area contributed by atoms with Gasteiger partial charge in [-0.1, -0.05) is 46.3 Å². The van der Waals surface area contributed by atoms with Gasteiger partial charge in [-0.05, 0) is 37.1 Å². The molecule has 0 radical (unpaired) electrons. The lowest BCUT2D eigenvalue weighted by Gasteiger charge is -2.12. The van der Waals surface area contributed by atoms with Gasteiger partial charge in [-0.25, -0.2) is 4.68 Å². The van der Waals surface area contributed by atoms with Crippen LogP contribution in [0.5, 0.6) is 0 Å². The molecule has 0 N–H and O–H groups in total. The highest BCUT2D eigenvalue weighted by molar-refractivity contribution is 9.10. The third-order valence-corrected chi connectivity index (χ3v) is 4.65. The number of para-hydroxylation sites is 1. The van der Waals surface area contributed by atoms with Crippen LogP contribution in [0.15, 0.2) is 59.1 Å². The van der Waals surface area contributed by atoms with Crippen LogP contribution in [0.1, 0.15) is 28.9 Å². The van der Waals surface area contributed by atoms with E-state index in [0.717, 1.165) is 45.5 Å². The molecule has 2 aromatic carbocycles. The molecule has 0 bridgehead atoms. The largest absolute Gasteiger partial charge is 0.294 e. The van der Waals surface area contributed by atoms with Crippen molar-refractivity contribution in [2.45, 2.75) is 19.3 Å². The number of nitrogens with zero attached hydrogens (tertiary/aromatic N) is 2. The predicted molar refractivity (Wildman–Crippen MR) is 94.0 cm³/mol. The van der Waals surface area contributed by atoms with Gasteiger partial charge in [0.2, 0.25) is 0 Å². The summed E-state index contributed by atoms with van der Waals surface area (Å²) < 4.78 is 2.91. The Labute approximate surface area is 143 Å². The molecule has 0 unspecified atom stereocenters. The minimum Gasteiger partial charge on any atom is -0.294 e. The Hall–Kier alpha value is -2.20. The van der Waals surface area contributed by atoms with Crippen molar-refractivity contribution in [3.8, 4) is 16.9 Å². The van der Waals surface area contributed by atoms with Gasteiger partial charge >= 0.3 is 0 Å². The summed E-state index contributed by atoms with van der Waals surface area (Å²) in [6.45, 7) is 0. The van der Waals surface area contributed by atoms with E-state index in [4.69, 9.17) is 5.10 Å². The lowest BCUT2D eigenvalue weighted by Crippen LogP contribution is -2.10. The predicted octanol–water partition coefficient (Wildman–Crippen LogP) is 4.82. The van der Waals surface area contributed by atoms with E-state index in [1.165, 1.54) is 0 Å². The molecular formula is C19H15BrN2O. The summed E-state index contributed by atoms with van der Waals surface area (Å²) in [5.74, 6) is 0.198. The van der Waals surface area contributed by atoms with E-state index in [-0.39, 0.29) is 5.78 Å². The van der Waals surface area contributed by atoms with Gasteiger partial charge in [-0.3, -0.25) is 4.79 Å². The van der Waals surface area contributed by atoms with E-state index >= 15 is 0 Å². The topological polar surface area (TPSA) is 34.9 Å². The number of aromatic nitrogens is 2. The van der Waals surface area contributed by atoms with Crippen molar-refractivity contribution in [1.29, 1.82) is 0 Å². The maximum Gasteiger partial charge on any atom is 0.166 e. The molecule has 114 valence electrons. The van der Waals surface area contributed by atoms with Crippen molar-refractivity contribution in [1.82, 2.24) is 9.78 Å². The number of rotatable bonds is 2. The normalized spacial score (nSPS) is 13.9. The Bertz CT molecular complexity index is 884. The summed E-state index contributed by atoms with van der Waals surface area (Å²) in [6.07, 6.45) is 2.35. The first kappa shape index (κ1) is 14.4. The molecule has 0 atom stereocenters. The second-order valence-corrected chi connectivity index (χ2v) is 6.62. The summed E-state index contributed by atoms with van der Waals surface area (Å²) in [4.78, 5) is 12.5. The number of benzene rings is 2. The molecule has 1 aliphatic rings. The van der Waals surface area contributed by atoms with Gasteiger partial charge in [0.15, 0.2) is 5.78 Å². The maximum absolute atomic E-state index is 12.5. The van der Waals surface area contributed by atoms with Crippen LogP contribution in [0.2, 0.25) is 0 Å². The molecule has 1 heterocycles. The zero-order chi connectivity index (χ0) is 15.8. The fourth-order valence-electron chi connectivity index (χ4n) is 3.13. The molecule has 0 saturated carbocycles. The number of carbonyl (C=O) groups is 1. The zero-order valence-corrected chi connectivity index (χ0v) is 14.1. The van der Waals surface area contributed by atoms with E-state index in [9.17, 15) is 4.79 Å². The van der Waals surface area contributed by atoms with Crippen molar-refractivity contribution in [3.05, 3.63) is 70.3 Å². The number of hydrogen-bond acceptors (Lipinski definition) is 2. The van der Waals surface area contributed by atoms with Crippen LogP contribution < -0.4 is 0 Å². The monoisotopic (exact) mass is 366 g/mol. The number of ketones is 1. The highest BCUT2D eigenvalue weighted by Crippen LogP contribution is 2.34. The number of Topliss-reactive ketones (excluding diaryl/α,β-unsaturated/α-hetero) is 1. The molecule has 0 amide bonds. The molecular weight excluding hydrogens is 352 g/mol. The molecule has 0 spiro atoms. The summed E-state index contributed by atoms with van der Waals surface area (Å²) in [5, 5.41) is 4.76. The summed E-state index contributed by atoms with van der Waals surface area (Å²) in [7, 11) is 0.